The van der Waals surface area contributed by atoms with E-state index in [1.165, 1.54) is 11.0 Å². The van der Waals surface area contributed by atoms with Crippen LogP contribution in [0.5, 0.6) is 0 Å². The highest BCUT2D eigenvalue weighted by Gasteiger charge is 2.31. The molecule has 0 saturated carbocycles. The lowest BCUT2D eigenvalue weighted by Crippen LogP contribution is -2.37. The minimum atomic E-state index is -0.651. The minimum absolute atomic E-state index is 0.0616. The van der Waals surface area contributed by atoms with Gasteiger partial charge in [0.1, 0.15) is 17.2 Å². The summed E-state index contributed by atoms with van der Waals surface area (Å²) in [6, 6.07) is 2.48. The number of carbonyl (C=O) groups excluding carboxylic acids is 2. The fourth-order valence-corrected chi connectivity index (χ4v) is 4.23. The molecule has 1 aromatic heterocycles. The molecule has 3 amide bonds. The molecule has 3 N–H and O–H groups in total. The van der Waals surface area contributed by atoms with Gasteiger partial charge in [-0.05, 0) is 63.3 Å². The average Bonchev–Trinajstić information content (AvgIpc) is 3.35. The van der Waals surface area contributed by atoms with E-state index >= 15 is 0 Å². The molecule has 0 bridgehead atoms. The Morgan fingerprint density at radius 1 is 1.15 bits per heavy atom. The Balaban J connectivity index is 1.56. The summed E-state index contributed by atoms with van der Waals surface area (Å²) in [6.45, 7) is 15.1. The maximum absolute atomic E-state index is 14.8. The van der Waals surface area contributed by atoms with Crippen LogP contribution in [0.1, 0.15) is 59.1 Å². The van der Waals surface area contributed by atoms with Gasteiger partial charge in [0, 0.05) is 37.6 Å². The van der Waals surface area contributed by atoms with Crippen molar-refractivity contribution < 1.29 is 18.7 Å². The van der Waals surface area contributed by atoms with Gasteiger partial charge in [-0.15, -0.1) is 0 Å². The zero-order valence-electron chi connectivity index (χ0n) is 25.0. The van der Waals surface area contributed by atoms with Gasteiger partial charge >= 0.3 is 12.1 Å². The summed E-state index contributed by atoms with van der Waals surface area (Å²) in [5.41, 5.74) is 2.16. The molecule has 2 aliphatic rings. The van der Waals surface area contributed by atoms with Crippen LogP contribution < -0.4 is 25.8 Å². The third-order valence-corrected chi connectivity index (χ3v) is 6.38. The molecule has 0 saturated heterocycles. The van der Waals surface area contributed by atoms with Crippen LogP contribution in [0.4, 0.5) is 37.1 Å². The van der Waals surface area contributed by atoms with Gasteiger partial charge < -0.3 is 25.6 Å². The number of aliphatic imine (C=N–C) groups is 1. The van der Waals surface area contributed by atoms with Crippen molar-refractivity contribution in [1.82, 2.24) is 15.3 Å². The maximum Gasteiger partial charge on any atom is 0.416 e. The summed E-state index contributed by atoms with van der Waals surface area (Å²) in [5, 5.41) is 8.75. The third-order valence-electron chi connectivity index (χ3n) is 6.38. The molecule has 11 nitrogen and oxygen atoms in total. The van der Waals surface area contributed by atoms with E-state index in [1.807, 2.05) is 11.0 Å². The second-order valence-electron chi connectivity index (χ2n) is 12.4. The number of hydrogen-bond acceptors (Lipinski definition) is 8. The number of aromatic nitrogens is 2. The summed E-state index contributed by atoms with van der Waals surface area (Å²) in [5.74, 6) is 0.967. The molecule has 2 aliphatic heterocycles. The van der Waals surface area contributed by atoms with Gasteiger partial charge in [-0.3, -0.25) is 4.99 Å². The number of hydrogen-bond donors (Lipinski definition) is 3. The van der Waals surface area contributed by atoms with Crippen molar-refractivity contribution in [2.24, 2.45) is 10.4 Å². The molecular formula is C29H39FN8O3. The third kappa shape index (κ3) is 7.30. The van der Waals surface area contributed by atoms with E-state index in [1.54, 1.807) is 47.0 Å². The highest BCUT2D eigenvalue weighted by Crippen LogP contribution is 2.33. The highest BCUT2D eigenvalue weighted by atomic mass is 19.1. The predicted molar refractivity (Wildman–Crippen MR) is 160 cm³/mol. The topological polar surface area (TPSA) is 124 Å². The molecule has 4 rings (SSSR count). The van der Waals surface area contributed by atoms with Crippen molar-refractivity contribution in [2.75, 3.05) is 47.1 Å². The summed E-state index contributed by atoms with van der Waals surface area (Å²) >= 11 is 0. The zero-order chi connectivity index (χ0) is 30.1. The normalized spacial score (nSPS) is 14.4. The average molecular weight is 567 g/mol. The quantitative estimate of drug-likeness (QED) is 0.420. The number of aryl methyl sites for hydroxylation is 1. The first-order valence-electron chi connectivity index (χ1n) is 13.6. The zero-order valence-corrected chi connectivity index (χ0v) is 25.0. The van der Waals surface area contributed by atoms with Crippen molar-refractivity contribution in [2.45, 2.75) is 60.5 Å². The number of halogens is 1. The van der Waals surface area contributed by atoms with E-state index in [4.69, 9.17) is 4.74 Å². The van der Waals surface area contributed by atoms with E-state index in [0.717, 1.165) is 12.0 Å². The van der Waals surface area contributed by atoms with E-state index in [0.29, 0.717) is 48.2 Å². The number of nitrogens with one attached hydrogen (secondary N) is 3. The predicted octanol–water partition coefficient (Wildman–Crippen LogP) is 5.54. The molecule has 220 valence electrons. The second-order valence-corrected chi connectivity index (χ2v) is 12.4. The molecule has 0 unspecified atom stereocenters. The minimum Gasteiger partial charge on any atom is -0.443 e. The van der Waals surface area contributed by atoms with Gasteiger partial charge in [-0.2, -0.15) is 4.98 Å². The van der Waals surface area contributed by atoms with E-state index in [-0.39, 0.29) is 17.1 Å². The number of fused-ring (bicyclic) bond motifs is 3. The Hall–Kier alpha value is -4.22. The molecule has 0 atom stereocenters. The van der Waals surface area contributed by atoms with Crippen molar-refractivity contribution in [3.63, 3.8) is 0 Å². The Labute approximate surface area is 240 Å². The fourth-order valence-electron chi connectivity index (χ4n) is 4.23. The molecule has 0 radical (unpaired) electrons. The molecular weight excluding hydrogens is 527 g/mol. The van der Waals surface area contributed by atoms with Gasteiger partial charge in [0.2, 0.25) is 5.95 Å². The first-order chi connectivity index (χ1) is 19.1. The van der Waals surface area contributed by atoms with Crippen molar-refractivity contribution in [3.8, 4) is 0 Å². The van der Waals surface area contributed by atoms with Crippen LogP contribution >= 0.6 is 0 Å². The van der Waals surface area contributed by atoms with Crippen molar-refractivity contribution in [3.05, 3.63) is 41.0 Å². The number of benzene rings is 1. The Bertz CT molecular complexity index is 1410. The summed E-state index contributed by atoms with van der Waals surface area (Å²) in [7, 11) is 1.56. The van der Waals surface area contributed by atoms with Crippen LogP contribution in [0.2, 0.25) is 0 Å². The van der Waals surface area contributed by atoms with Gasteiger partial charge in [0.15, 0.2) is 5.84 Å². The number of amidine groups is 1. The van der Waals surface area contributed by atoms with E-state index in [2.05, 4.69) is 51.7 Å². The van der Waals surface area contributed by atoms with Crippen LogP contribution in [0.3, 0.4) is 0 Å². The maximum atomic E-state index is 14.8. The molecule has 1 aromatic carbocycles. The van der Waals surface area contributed by atoms with Gasteiger partial charge in [0.05, 0.1) is 17.9 Å². The number of nitrogens with zero attached hydrogens (tertiary/aromatic N) is 5. The Morgan fingerprint density at radius 3 is 2.56 bits per heavy atom. The number of carbonyl (C=O) groups is 2. The van der Waals surface area contributed by atoms with E-state index in [9.17, 15) is 14.0 Å². The standard InChI is InChI=1S/C29H39FN8O3/c1-17-13-19(30)21(35-26(39)32-10-9-28(2,3)4)15-20(17)34-22-14-18-16-33-25(37(8)27(40)41-29(5,6)7)36-23(18)38-12-11-31-24(22)38/h13-16,34H,9-12H2,1-8H3,(H2,32,35,39). The Morgan fingerprint density at radius 2 is 1.88 bits per heavy atom. The first kappa shape index (κ1) is 29.8. The van der Waals surface area contributed by atoms with Gasteiger partial charge in [-0.1, -0.05) is 20.8 Å². The fraction of sp³-hybridized carbons (Fsp3) is 0.483. The van der Waals surface area contributed by atoms with Gasteiger partial charge in [0.25, 0.3) is 0 Å². The Kier molecular flexibility index (Phi) is 8.23. The van der Waals surface area contributed by atoms with Gasteiger partial charge in [-0.25, -0.2) is 23.9 Å². The van der Waals surface area contributed by atoms with Crippen molar-refractivity contribution >= 4 is 47.2 Å². The van der Waals surface area contributed by atoms with Crippen LogP contribution in [-0.4, -0.2) is 60.2 Å². The van der Waals surface area contributed by atoms with Crippen LogP contribution in [0.25, 0.3) is 6.08 Å². The van der Waals surface area contributed by atoms with Crippen LogP contribution in [-0.2, 0) is 4.74 Å². The first-order valence-corrected chi connectivity index (χ1v) is 13.6. The monoisotopic (exact) mass is 566 g/mol. The number of anilines is 4. The number of ether oxygens (including phenoxy) is 1. The number of amides is 3. The molecule has 41 heavy (non-hydrogen) atoms. The molecule has 0 spiro atoms. The molecule has 3 heterocycles. The van der Waals surface area contributed by atoms with Crippen molar-refractivity contribution in [1.29, 1.82) is 0 Å². The lowest BCUT2D eigenvalue weighted by molar-refractivity contribution is 0.0587. The number of rotatable bonds is 6. The number of urea groups is 1. The molecule has 2 aromatic rings. The van der Waals surface area contributed by atoms with Crippen LogP contribution in [0.15, 0.2) is 29.0 Å². The summed E-state index contributed by atoms with van der Waals surface area (Å²) < 4.78 is 20.2. The largest absolute Gasteiger partial charge is 0.443 e. The summed E-state index contributed by atoms with van der Waals surface area (Å²) in [6.07, 6.45) is 3.74. The highest BCUT2D eigenvalue weighted by molar-refractivity contribution is 6.18. The lowest BCUT2D eigenvalue weighted by Gasteiger charge is -2.29. The second kappa shape index (κ2) is 11.3. The summed E-state index contributed by atoms with van der Waals surface area (Å²) in [4.78, 5) is 41.9. The molecule has 0 fully saturated rings. The SMILES string of the molecule is Cc1cc(F)c(NC(=O)NCCC(C)(C)C)cc1NC1=Cc2cnc(N(C)C(=O)OC(C)(C)C)nc2N2CCN=C12. The molecule has 12 heteroatoms. The smallest absolute Gasteiger partial charge is 0.416 e. The lowest BCUT2D eigenvalue weighted by atomic mass is 9.92. The van der Waals surface area contributed by atoms with Crippen LogP contribution in [0, 0.1) is 18.2 Å². The molecule has 0 aliphatic carbocycles. The van der Waals surface area contributed by atoms with E-state index < -0.39 is 23.5 Å².